The molecule has 6 nitrogen and oxygen atoms in total. The SMILES string of the molecule is COC(=O)[C@H](Cc1ccccc1)N[C@@H]1[C@H](N[C@@H](Cc2ccccc2)C(=O)OC)[C@@H]2C=C[C@H]1C2. The van der Waals surface area contributed by atoms with Crippen molar-refractivity contribution >= 4 is 11.9 Å². The molecule has 2 aliphatic rings. The molecule has 2 N–H and O–H groups in total. The minimum absolute atomic E-state index is 0.00995. The van der Waals surface area contributed by atoms with Gasteiger partial charge in [0, 0.05) is 12.1 Å². The molecule has 2 bridgehead atoms. The number of methoxy groups -OCH3 is 2. The summed E-state index contributed by atoms with van der Waals surface area (Å²) in [6, 6.07) is 19.0. The number of fused-ring (bicyclic) bond motifs is 2. The largest absolute Gasteiger partial charge is 0.468 e. The number of hydrogen-bond acceptors (Lipinski definition) is 6. The number of esters is 2. The van der Waals surface area contributed by atoms with Gasteiger partial charge in [-0.15, -0.1) is 0 Å². The third-order valence-electron chi connectivity index (χ3n) is 6.78. The number of carbonyl (C=O) groups is 2. The van der Waals surface area contributed by atoms with E-state index in [1.807, 2.05) is 60.7 Å². The Bertz CT molecular complexity index is 885. The lowest BCUT2D eigenvalue weighted by atomic mass is 9.92. The number of rotatable bonds is 10. The van der Waals surface area contributed by atoms with E-state index in [1.165, 1.54) is 14.2 Å². The van der Waals surface area contributed by atoms with Crippen LogP contribution in [0.5, 0.6) is 0 Å². The fourth-order valence-electron chi connectivity index (χ4n) is 5.15. The van der Waals surface area contributed by atoms with Gasteiger partial charge in [-0.1, -0.05) is 72.8 Å². The Morgan fingerprint density at radius 1 is 0.758 bits per heavy atom. The Hall–Kier alpha value is -2.96. The molecule has 0 aliphatic heterocycles. The lowest BCUT2D eigenvalue weighted by Gasteiger charge is -2.34. The van der Waals surface area contributed by atoms with Crippen LogP contribution >= 0.6 is 0 Å². The third-order valence-corrected chi connectivity index (χ3v) is 6.78. The smallest absolute Gasteiger partial charge is 0.323 e. The zero-order valence-corrected chi connectivity index (χ0v) is 19.1. The molecular weight excluding hydrogens is 416 g/mol. The average molecular weight is 449 g/mol. The van der Waals surface area contributed by atoms with E-state index in [4.69, 9.17) is 9.47 Å². The van der Waals surface area contributed by atoms with E-state index in [9.17, 15) is 9.59 Å². The van der Waals surface area contributed by atoms with Crippen LogP contribution in [-0.4, -0.2) is 50.3 Å². The molecule has 1 fully saturated rings. The topological polar surface area (TPSA) is 76.7 Å². The van der Waals surface area contributed by atoms with Crippen molar-refractivity contribution in [3.05, 3.63) is 83.9 Å². The first kappa shape index (κ1) is 23.2. The Morgan fingerprint density at radius 2 is 1.15 bits per heavy atom. The molecule has 0 unspecified atom stereocenters. The van der Waals surface area contributed by atoms with Crippen molar-refractivity contribution in [1.29, 1.82) is 0 Å². The summed E-state index contributed by atoms with van der Waals surface area (Å²) in [5.41, 5.74) is 2.14. The van der Waals surface area contributed by atoms with Gasteiger partial charge < -0.3 is 9.47 Å². The van der Waals surface area contributed by atoms with Gasteiger partial charge in [-0.05, 0) is 42.2 Å². The van der Waals surface area contributed by atoms with E-state index < -0.39 is 12.1 Å². The molecule has 174 valence electrons. The van der Waals surface area contributed by atoms with Gasteiger partial charge in [0.25, 0.3) is 0 Å². The molecule has 0 saturated heterocycles. The molecular formula is C27H32N2O4. The normalized spacial score (nSPS) is 24.9. The Labute approximate surface area is 195 Å². The molecule has 0 heterocycles. The molecule has 33 heavy (non-hydrogen) atoms. The van der Waals surface area contributed by atoms with Gasteiger partial charge in [-0.3, -0.25) is 20.2 Å². The summed E-state index contributed by atoms with van der Waals surface area (Å²) in [4.78, 5) is 25.3. The van der Waals surface area contributed by atoms with Gasteiger partial charge in [0.15, 0.2) is 0 Å². The van der Waals surface area contributed by atoms with Crippen molar-refractivity contribution in [2.45, 2.75) is 43.4 Å². The second-order valence-corrected chi connectivity index (χ2v) is 8.86. The molecule has 2 aliphatic carbocycles. The highest BCUT2D eigenvalue weighted by atomic mass is 16.5. The van der Waals surface area contributed by atoms with Gasteiger partial charge >= 0.3 is 11.9 Å². The minimum atomic E-state index is -0.467. The van der Waals surface area contributed by atoms with Crippen LogP contribution in [0.3, 0.4) is 0 Å². The highest BCUT2D eigenvalue weighted by molar-refractivity contribution is 5.77. The van der Waals surface area contributed by atoms with Crippen molar-refractivity contribution in [1.82, 2.24) is 10.6 Å². The fourth-order valence-corrected chi connectivity index (χ4v) is 5.15. The molecule has 0 radical (unpaired) electrons. The number of carbonyl (C=O) groups excluding carboxylic acids is 2. The highest BCUT2D eigenvalue weighted by Crippen LogP contribution is 2.40. The van der Waals surface area contributed by atoms with Crippen molar-refractivity contribution in [3.63, 3.8) is 0 Å². The highest BCUT2D eigenvalue weighted by Gasteiger charge is 2.47. The van der Waals surface area contributed by atoms with E-state index in [-0.39, 0.29) is 24.0 Å². The summed E-state index contributed by atoms with van der Waals surface area (Å²) in [5.74, 6) is 0.0345. The van der Waals surface area contributed by atoms with E-state index in [0.717, 1.165) is 17.5 Å². The van der Waals surface area contributed by atoms with Crippen LogP contribution in [0.4, 0.5) is 0 Å². The summed E-state index contributed by atoms with van der Waals surface area (Å²) in [6.07, 6.45) is 6.53. The van der Waals surface area contributed by atoms with Crippen LogP contribution in [0.15, 0.2) is 72.8 Å². The lowest BCUT2D eigenvalue weighted by molar-refractivity contribution is -0.144. The van der Waals surface area contributed by atoms with Gasteiger partial charge in [0.2, 0.25) is 0 Å². The fraction of sp³-hybridized carbons (Fsp3) is 0.407. The first-order valence-corrected chi connectivity index (χ1v) is 11.5. The van der Waals surface area contributed by atoms with E-state index in [2.05, 4.69) is 22.8 Å². The quantitative estimate of drug-likeness (QED) is 0.430. The van der Waals surface area contributed by atoms with Crippen LogP contribution < -0.4 is 10.6 Å². The van der Waals surface area contributed by atoms with Gasteiger partial charge in [0.1, 0.15) is 12.1 Å². The Morgan fingerprint density at radius 3 is 1.52 bits per heavy atom. The molecule has 6 atom stereocenters. The van der Waals surface area contributed by atoms with Crippen LogP contribution in [0.2, 0.25) is 0 Å². The maximum Gasteiger partial charge on any atom is 0.323 e. The standard InChI is InChI=1S/C27H32N2O4/c1-32-26(30)22(15-18-9-5-3-6-10-18)28-24-20-13-14-21(17-20)25(24)29-23(27(31)33-2)16-19-11-7-4-8-12-19/h3-14,20-25,28-29H,15-17H2,1-2H3/t20-,21+,22-,23-,24-,25+/m0/s1. The zero-order valence-electron chi connectivity index (χ0n) is 19.1. The van der Waals surface area contributed by atoms with E-state index >= 15 is 0 Å². The molecule has 0 aromatic heterocycles. The second kappa shape index (κ2) is 10.8. The molecule has 6 heteroatoms. The van der Waals surface area contributed by atoms with Crippen LogP contribution in [0.1, 0.15) is 17.5 Å². The minimum Gasteiger partial charge on any atom is -0.468 e. The Balaban J connectivity index is 1.52. The third kappa shape index (κ3) is 5.52. The van der Waals surface area contributed by atoms with Crippen molar-refractivity contribution in [3.8, 4) is 0 Å². The van der Waals surface area contributed by atoms with Gasteiger partial charge in [-0.25, -0.2) is 0 Å². The molecule has 2 aromatic rings. The average Bonchev–Trinajstić information content (AvgIpc) is 3.46. The first-order chi connectivity index (χ1) is 16.1. The van der Waals surface area contributed by atoms with E-state index in [1.54, 1.807) is 0 Å². The summed E-state index contributed by atoms with van der Waals surface area (Å²) in [7, 11) is 2.84. The van der Waals surface area contributed by atoms with Crippen LogP contribution in [-0.2, 0) is 31.9 Å². The van der Waals surface area contributed by atoms with Crippen LogP contribution in [0.25, 0.3) is 0 Å². The summed E-state index contributed by atoms with van der Waals surface area (Å²) in [6.45, 7) is 0. The van der Waals surface area contributed by atoms with Crippen molar-refractivity contribution in [2.75, 3.05) is 14.2 Å². The summed E-state index contributed by atoms with van der Waals surface area (Å²) < 4.78 is 10.2. The summed E-state index contributed by atoms with van der Waals surface area (Å²) in [5, 5.41) is 7.16. The molecule has 0 amide bonds. The maximum atomic E-state index is 12.6. The monoisotopic (exact) mass is 448 g/mol. The number of ether oxygens (including phenoxy) is 2. The molecule has 0 spiro atoms. The second-order valence-electron chi connectivity index (χ2n) is 8.86. The molecule has 2 aromatic carbocycles. The van der Waals surface area contributed by atoms with Crippen LogP contribution in [0, 0.1) is 11.8 Å². The predicted molar refractivity (Wildman–Crippen MR) is 126 cm³/mol. The number of hydrogen-bond donors (Lipinski definition) is 2. The zero-order chi connectivity index (χ0) is 23.2. The summed E-state index contributed by atoms with van der Waals surface area (Å²) >= 11 is 0. The number of nitrogens with one attached hydrogen (secondary N) is 2. The van der Waals surface area contributed by atoms with Crippen molar-refractivity contribution in [2.24, 2.45) is 11.8 Å². The lowest BCUT2D eigenvalue weighted by Crippen LogP contribution is -2.59. The maximum absolute atomic E-state index is 12.6. The van der Waals surface area contributed by atoms with Gasteiger partial charge in [-0.2, -0.15) is 0 Å². The predicted octanol–water partition coefficient (Wildman–Crippen LogP) is 2.68. The Kier molecular flexibility index (Phi) is 7.57. The molecule has 1 saturated carbocycles. The van der Waals surface area contributed by atoms with E-state index in [0.29, 0.717) is 24.7 Å². The van der Waals surface area contributed by atoms with Gasteiger partial charge in [0.05, 0.1) is 14.2 Å². The van der Waals surface area contributed by atoms with Crippen molar-refractivity contribution < 1.29 is 19.1 Å². The number of benzene rings is 2. The first-order valence-electron chi connectivity index (χ1n) is 11.5. The molecule has 4 rings (SSSR count).